The maximum atomic E-state index is 5.12. The molecule has 4 heterocycles. The largest absolute Gasteiger partial charge is 0.473 e. The minimum Gasteiger partial charge on any atom is -0.473 e. The molecule has 2 aliphatic carbocycles. The second kappa shape index (κ2) is 41.5. The summed E-state index contributed by atoms with van der Waals surface area (Å²) >= 11 is 3.50. The number of rotatable bonds is 0. The molecule has 0 aliphatic heterocycles. The second-order valence-electron chi connectivity index (χ2n) is 10.1. The van der Waals surface area contributed by atoms with E-state index in [2.05, 4.69) is 113 Å². The molecule has 0 fully saturated rings. The van der Waals surface area contributed by atoms with Gasteiger partial charge in [0.25, 0.3) is 0 Å². The van der Waals surface area contributed by atoms with Gasteiger partial charge in [-0.25, -0.2) is 0 Å². The van der Waals surface area contributed by atoms with E-state index in [1.54, 1.807) is 41.5 Å². The van der Waals surface area contributed by atoms with Crippen LogP contribution in [0.2, 0.25) is 0 Å². The predicted octanol–water partition coefficient (Wildman–Crippen LogP) is 19.3. The lowest BCUT2D eigenvalue weighted by Gasteiger charge is -1.98. The summed E-state index contributed by atoms with van der Waals surface area (Å²) < 4.78 is 11.1. The molecule has 4 heteroatoms. The second-order valence-corrected chi connectivity index (χ2v) is 11.9. The number of fused-ring (bicyclic) bond motifs is 5. The fraction of sp³-hybridized carbons (Fsp3) is 0.259. The lowest BCUT2D eigenvalue weighted by atomic mass is 10.1. The van der Waals surface area contributed by atoms with Crippen LogP contribution in [0, 0.1) is 0 Å². The molecule has 10 rings (SSSR count). The predicted molar refractivity (Wildman–Crippen MR) is 267 cm³/mol. The summed E-state index contributed by atoms with van der Waals surface area (Å²) in [7, 11) is 0. The highest BCUT2D eigenvalue weighted by Gasteiger charge is 2.15. The van der Waals surface area contributed by atoms with Crippen molar-refractivity contribution < 1.29 is 8.83 Å². The topological polar surface area (TPSA) is 26.3 Å². The van der Waals surface area contributed by atoms with Crippen molar-refractivity contribution in [3.05, 3.63) is 204 Å². The lowest BCUT2D eigenvalue weighted by molar-refractivity contribution is 0.567. The molecule has 58 heavy (non-hydrogen) atoms. The minimum absolute atomic E-state index is 0.956. The van der Waals surface area contributed by atoms with E-state index in [9.17, 15) is 0 Å². The van der Waals surface area contributed by atoms with Crippen LogP contribution in [-0.2, 0) is 6.42 Å². The quantitative estimate of drug-likeness (QED) is 0.152. The van der Waals surface area contributed by atoms with Gasteiger partial charge in [-0.3, -0.25) is 0 Å². The Bertz CT molecular complexity index is 1770. The van der Waals surface area contributed by atoms with Crippen LogP contribution in [0.15, 0.2) is 202 Å². The minimum atomic E-state index is 0.956. The smallest absolute Gasteiger partial charge is 0.133 e. The fourth-order valence-corrected chi connectivity index (χ4v) is 5.98. The maximum Gasteiger partial charge on any atom is 0.133 e. The van der Waals surface area contributed by atoms with Crippen LogP contribution in [0.3, 0.4) is 0 Å². The summed E-state index contributed by atoms with van der Waals surface area (Å²) in [6.07, 6.45) is 15.6. The van der Waals surface area contributed by atoms with Crippen LogP contribution < -0.4 is 0 Å². The Hall–Kier alpha value is -5.16. The monoisotopic (exact) mass is 816 g/mol. The van der Waals surface area contributed by atoms with Gasteiger partial charge in [-0.2, -0.15) is 11.3 Å². The Morgan fingerprint density at radius 3 is 1.33 bits per heavy atom. The molecular weight excluding hydrogens is 745 g/mol. The Labute approximate surface area is 361 Å². The zero-order valence-electron chi connectivity index (χ0n) is 37.5. The van der Waals surface area contributed by atoms with Gasteiger partial charge in [0.1, 0.15) is 5.58 Å². The van der Waals surface area contributed by atoms with Crippen molar-refractivity contribution in [1.82, 2.24) is 0 Å². The number of allylic oxidation sites excluding steroid dienone is 4. The number of benzene rings is 4. The van der Waals surface area contributed by atoms with Gasteiger partial charge >= 0.3 is 0 Å². The zero-order chi connectivity index (χ0) is 43.5. The van der Waals surface area contributed by atoms with E-state index in [4.69, 9.17) is 4.42 Å². The molecule has 4 aromatic carbocycles. The van der Waals surface area contributed by atoms with E-state index in [-0.39, 0.29) is 0 Å². The first-order valence-corrected chi connectivity index (χ1v) is 23.0. The molecule has 2 nitrogen and oxygen atoms in total. The lowest BCUT2D eigenvalue weighted by Crippen LogP contribution is -1.77. The molecule has 8 aromatic rings. The first-order valence-electron chi connectivity index (χ1n) is 21.1. The van der Waals surface area contributed by atoms with E-state index in [1.807, 2.05) is 148 Å². The van der Waals surface area contributed by atoms with Crippen LogP contribution in [-0.4, -0.2) is 0 Å². The van der Waals surface area contributed by atoms with Gasteiger partial charge in [-0.15, -0.1) is 11.3 Å². The first kappa shape index (κ1) is 54.9. The van der Waals surface area contributed by atoms with Gasteiger partial charge in [0, 0.05) is 10.1 Å². The van der Waals surface area contributed by atoms with Gasteiger partial charge in [-0.05, 0) is 93.0 Å². The average Bonchev–Trinajstić information content (AvgIpc) is 4.19. The molecule has 0 spiro atoms. The maximum absolute atomic E-state index is 5.12. The van der Waals surface area contributed by atoms with Gasteiger partial charge in [-0.1, -0.05) is 204 Å². The average molecular weight is 817 g/mol. The third-order valence-electron chi connectivity index (χ3n) is 6.94. The van der Waals surface area contributed by atoms with E-state index in [1.165, 1.54) is 32.3 Å². The molecule has 4 aromatic heterocycles. The molecular formula is C54H72O2S2. The van der Waals surface area contributed by atoms with Crippen molar-refractivity contribution in [1.29, 1.82) is 0 Å². The number of hydrogen-bond acceptors (Lipinski definition) is 4. The molecule has 0 bridgehead atoms. The Balaban J connectivity index is 0. The van der Waals surface area contributed by atoms with Crippen molar-refractivity contribution in [2.75, 3.05) is 0 Å². The number of hydrogen-bond donors (Lipinski definition) is 0. The summed E-state index contributed by atoms with van der Waals surface area (Å²) in [6.45, 7) is 24.0. The van der Waals surface area contributed by atoms with E-state index >= 15 is 0 Å². The molecule has 0 atom stereocenters. The Morgan fingerprint density at radius 2 is 0.897 bits per heavy atom. The SMILES string of the molecule is C1=CCC=C1.CC.CC.CC.CC.CC.CC.c1ccc2c(c1)Cc1ccccc1-2.c1ccc2occc2c1.c1ccc2sccc2c1.c1ccoc1.c1ccsc1. The molecule has 0 unspecified atom stereocenters. The molecule has 0 amide bonds. The number of para-hydroxylation sites is 1. The molecule has 0 saturated heterocycles. The summed E-state index contributed by atoms with van der Waals surface area (Å²) in [4.78, 5) is 0. The van der Waals surface area contributed by atoms with Crippen LogP contribution in [0.5, 0.6) is 0 Å². The highest BCUT2D eigenvalue weighted by atomic mass is 32.1. The Kier molecular flexibility index (Phi) is 39.3. The highest BCUT2D eigenvalue weighted by Crippen LogP contribution is 2.35. The van der Waals surface area contributed by atoms with Gasteiger partial charge in [0.05, 0.1) is 18.8 Å². The van der Waals surface area contributed by atoms with E-state index in [0.717, 1.165) is 23.8 Å². The summed E-state index contributed by atoms with van der Waals surface area (Å²) in [5.74, 6) is 0. The van der Waals surface area contributed by atoms with E-state index in [0.29, 0.717) is 0 Å². The van der Waals surface area contributed by atoms with Crippen molar-refractivity contribution in [3.63, 3.8) is 0 Å². The Morgan fingerprint density at radius 1 is 0.414 bits per heavy atom. The number of furan rings is 2. The van der Waals surface area contributed by atoms with Crippen LogP contribution in [0.1, 0.15) is 101 Å². The highest BCUT2D eigenvalue weighted by molar-refractivity contribution is 7.17. The van der Waals surface area contributed by atoms with Crippen LogP contribution in [0.4, 0.5) is 0 Å². The molecule has 0 radical (unpaired) electrons. The summed E-state index contributed by atoms with van der Waals surface area (Å²) in [5.41, 5.74) is 6.71. The standard InChI is InChI=1S/C13H10.C8H6O.C8H6S.C5H6.C4H4O.C4H4S.6C2H6/c1-3-7-12-10(5-1)9-11-6-2-4-8-13(11)12;2*1-2-4-8-7(3-1)5-6-9-8;3*1-2-4-5-3-1;6*1-2/h1-8H,9H2;2*1-6H;1-4H,5H2;2*1-4H;6*1-2H3. The molecule has 0 saturated carbocycles. The third-order valence-corrected chi connectivity index (χ3v) is 8.46. The van der Waals surface area contributed by atoms with Gasteiger partial charge in [0.15, 0.2) is 0 Å². The summed E-state index contributed by atoms with van der Waals surface area (Å²) in [5, 5.41) is 8.71. The molecule has 2 aliphatic rings. The van der Waals surface area contributed by atoms with E-state index < -0.39 is 0 Å². The van der Waals surface area contributed by atoms with Crippen LogP contribution in [0.25, 0.3) is 32.2 Å². The van der Waals surface area contributed by atoms with Crippen molar-refractivity contribution in [2.24, 2.45) is 0 Å². The summed E-state index contributed by atoms with van der Waals surface area (Å²) in [6, 6.07) is 45.5. The fourth-order valence-electron chi connectivity index (χ4n) is 4.74. The van der Waals surface area contributed by atoms with Gasteiger partial charge < -0.3 is 8.83 Å². The zero-order valence-corrected chi connectivity index (χ0v) is 39.2. The number of thiophene rings is 2. The van der Waals surface area contributed by atoms with Gasteiger partial charge in [0.2, 0.25) is 0 Å². The normalized spacial score (nSPS) is 9.45. The van der Waals surface area contributed by atoms with Crippen LogP contribution >= 0.6 is 22.7 Å². The molecule has 0 N–H and O–H groups in total. The van der Waals surface area contributed by atoms with Crippen molar-refractivity contribution in [3.8, 4) is 11.1 Å². The molecule has 312 valence electrons. The first-order chi connectivity index (χ1) is 28.9. The third kappa shape index (κ3) is 23.2. The van der Waals surface area contributed by atoms with Crippen molar-refractivity contribution >= 4 is 43.7 Å². The van der Waals surface area contributed by atoms with Crippen molar-refractivity contribution in [2.45, 2.75) is 95.9 Å².